The van der Waals surface area contributed by atoms with Crippen molar-refractivity contribution in [2.45, 2.75) is 18.9 Å². The number of rotatable bonds is 4. The average molecular weight is 363 g/mol. The Labute approximate surface area is 157 Å². The standard InChI is InChI=1S/C21H21N3O3/c1-2-21(26)23-9-3-4-18(13-23)27-20-10-16(12-24-14-22-11-19(20)24)15-5-7-17(25)8-6-15/h2,5-8,10-12,14,18,25H,1,3-4,9,13H2/t18-/m0/s1. The first-order chi connectivity index (χ1) is 13.1. The van der Waals surface area contributed by atoms with Crippen LogP contribution in [0.4, 0.5) is 0 Å². The maximum Gasteiger partial charge on any atom is 0.246 e. The van der Waals surface area contributed by atoms with Crippen molar-refractivity contribution in [3.05, 3.63) is 61.7 Å². The fourth-order valence-corrected chi connectivity index (χ4v) is 3.45. The van der Waals surface area contributed by atoms with E-state index in [9.17, 15) is 9.90 Å². The fourth-order valence-electron chi connectivity index (χ4n) is 3.45. The van der Waals surface area contributed by atoms with Crippen molar-refractivity contribution in [3.63, 3.8) is 0 Å². The van der Waals surface area contributed by atoms with Crippen molar-refractivity contribution in [1.29, 1.82) is 0 Å². The molecule has 3 heterocycles. The second kappa shape index (κ2) is 7.15. The van der Waals surface area contributed by atoms with Gasteiger partial charge in [0.25, 0.3) is 0 Å². The number of hydrogen-bond acceptors (Lipinski definition) is 4. The maximum absolute atomic E-state index is 11.9. The first-order valence-corrected chi connectivity index (χ1v) is 8.97. The van der Waals surface area contributed by atoms with E-state index in [1.54, 1.807) is 29.6 Å². The van der Waals surface area contributed by atoms with Crippen LogP contribution < -0.4 is 4.74 Å². The average Bonchev–Trinajstić information content (AvgIpc) is 3.17. The van der Waals surface area contributed by atoms with Crippen LogP contribution in [0.25, 0.3) is 16.6 Å². The number of piperidine rings is 1. The van der Waals surface area contributed by atoms with Crippen molar-refractivity contribution >= 4 is 11.4 Å². The number of amides is 1. The molecule has 1 fully saturated rings. The number of carbonyl (C=O) groups is 1. The molecule has 1 aliphatic rings. The van der Waals surface area contributed by atoms with Gasteiger partial charge in [-0.2, -0.15) is 0 Å². The summed E-state index contributed by atoms with van der Waals surface area (Å²) in [6, 6.07) is 9.03. The third kappa shape index (κ3) is 3.51. The molecule has 3 aromatic rings. The number of phenolic OH excluding ortho intramolecular Hbond substituents is 1. The molecule has 1 N–H and O–H groups in total. The van der Waals surface area contributed by atoms with Crippen LogP contribution >= 0.6 is 0 Å². The van der Waals surface area contributed by atoms with Crippen molar-refractivity contribution in [1.82, 2.24) is 14.3 Å². The van der Waals surface area contributed by atoms with Crippen molar-refractivity contribution in [2.24, 2.45) is 0 Å². The van der Waals surface area contributed by atoms with Crippen LogP contribution in [0.5, 0.6) is 11.5 Å². The number of phenols is 1. The molecule has 0 aliphatic carbocycles. The molecule has 1 amide bonds. The Morgan fingerprint density at radius 1 is 1.30 bits per heavy atom. The fraction of sp³-hybridized carbons (Fsp3) is 0.238. The van der Waals surface area contributed by atoms with Gasteiger partial charge in [-0.3, -0.25) is 4.79 Å². The molecular formula is C21H21N3O3. The number of aromatic hydroxyl groups is 1. The van der Waals surface area contributed by atoms with Crippen LogP contribution in [-0.4, -0.2) is 44.5 Å². The summed E-state index contributed by atoms with van der Waals surface area (Å²) in [7, 11) is 0. The highest BCUT2D eigenvalue weighted by Gasteiger charge is 2.24. The lowest BCUT2D eigenvalue weighted by Crippen LogP contribution is -2.43. The van der Waals surface area contributed by atoms with Gasteiger partial charge in [0, 0.05) is 18.3 Å². The van der Waals surface area contributed by atoms with E-state index < -0.39 is 0 Å². The summed E-state index contributed by atoms with van der Waals surface area (Å²) in [5.74, 6) is 0.903. The molecule has 138 valence electrons. The van der Waals surface area contributed by atoms with E-state index >= 15 is 0 Å². The third-order valence-electron chi connectivity index (χ3n) is 4.84. The normalized spacial score (nSPS) is 17.0. The zero-order chi connectivity index (χ0) is 18.8. The number of fused-ring (bicyclic) bond motifs is 1. The summed E-state index contributed by atoms with van der Waals surface area (Å²) in [5.41, 5.74) is 2.82. The summed E-state index contributed by atoms with van der Waals surface area (Å²) in [6.07, 6.45) is 8.56. The van der Waals surface area contributed by atoms with Gasteiger partial charge in [-0.15, -0.1) is 0 Å². The van der Waals surface area contributed by atoms with Crippen molar-refractivity contribution in [3.8, 4) is 22.6 Å². The van der Waals surface area contributed by atoms with E-state index in [1.165, 1.54) is 6.08 Å². The predicted molar refractivity (Wildman–Crippen MR) is 103 cm³/mol. The molecule has 0 unspecified atom stereocenters. The molecule has 1 aliphatic heterocycles. The third-order valence-corrected chi connectivity index (χ3v) is 4.84. The minimum absolute atomic E-state index is 0.0596. The lowest BCUT2D eigenvalue weighted by atomic mass is 10.1. The number of imidazole rings is 1. The van der Waals surface area contributed by atoms with Gasteiger partial charge in [-0.1, -0.05) is 18.7 Å². The Bertz CT molecular complexity index is 978. The molecule has 6 nitrogen and oxygen atoms in total. The van der Waals surface area contributed by atoms with E-state index in [1.807, 2.05) is 28.8 Å². The number of pyridine rings is 1. The van der Waals surface area contributed by atoms with Crippen LogP contribution in [0.3, 0.4) is 0 Å². The molecule has 1 aromatic carbocycles. The Balaban J connectivity index is 1.64. The van der Waals surface area contributed by atoms with E-state index in [2.05, 4.69) is 11.6 Å². The Morgan fingerprint density at radius 2 is 2.11 bits per heavy atom. The Morgan fingerprint density at radius 3 is 2.89 bits per heavy atom. The minimum atomic E-state index is -0.0728. The molecule has 0 saturated carbocycles. The van der Waals surface area contributed by atoms with Crippen molar-refractivity contribution in [2.75, 3.05) is 13.1 Å². The van der Waals surface area contributed by atoms with Gasteiger partial charge in [0.2, 0.25) is 5.91 Å². The molecule has 4 rings (SSSR count). The monoisotopic (exact) mass is 363 g/mol. The highest BCUT2D eigenvalue weighted by atomic mass is 16.5. The predicted octanol–water partition coefficient (Wildman–Crippen LogP) is 3.26. The summed E-state index contributed by atoms with van der Waals surface area (Å²) in [5, 5.41) is 9.52. The zero-order valence-electron chi connectivity index (χ0n) is 14.9. The SMILES string of the molecule is C=CC(=O)N1CCC[C@H](Oc2cc(-c3ccc(O)cc3)cn3cncc23)C1. The largest absolute Gasteiger partial charge is 0.508 e. The van der Waals surface area contributed by atoms with Gasteiger partial charge in [0.05, 0.1) is 19.1 Å². The highest BCUT2D eigenvalue weighted by molar-refractivity contribution is 5.87. The van der Waals surface area contributed by atoms with Gasteiger partial charge < -0.3 is 19.1 Å². The Hall–Kier alpha value is -3.28. The first-order valence-electron chi connectivity index (χ1n) is 8.97. The van der Waals surface area contributed by atoms with Crippen LogP contribution in [0.2, 0.25) is 0 Å². The number of hydrogen-bond donors (Lipinski definition) is 1. The van der Waals surface area contributed by atoms with Gasteiger partial charge in [0.15, 0.2) is 0 Å². The van der Waals surface area contributed by atoms with Crippen LogP contribution in [0.15, 0.2) is 61.7 Å². The number of aromatic nitrogens is 2. The minimum Gasteiger partial charge on any atom is -0.508 e. The number of benzene rings is 1. The topological polar surface area (TPSA) is 67.1 Å². The summed E-state index contributed by atoms with van der Waals surface area (Å²) in [4.78, 5) is 17.9. The van der Waals surface area contributed by atoms with Crippen LogP contribution in [0.1, 0.15) is 12.8 Å². The molecule has 0 bridgehead atoms. The van der Waals surface area contributed by atoms with Crippen LogP contribution in [0, 0.1) is 0 Å². The van der Waals surface area contributed by atoms with E-state index in [4.69, 9.17) is 4.74 Å². The lowest BCUT2D eigenvalue weighted by molar-refractivity contribution is -0.128. The number of nitrogens with zero attached hydrogens (tertiary/aromatic N) is 3. The molecule has 6 heteroatoms. The second-order valence-corrected chi connectivity index (χ2v) is 6.70. The molecule has 0 spiro atoms. The lowest BCUT2D eigenvalue weighted by Gasteiger charge is -2.32. The second-order valence-electron chi connectivity index (χ2n) is 6.70. The van der Waals surface area contributed by atoms with E-state index in [0.29, 0.717) is 6.54 Å². The van der Waals surface area contributed by atoms with Gasteiger partial charge in [-0.25, -0.2) is 4.98 Å². The number of ether oxygens (including phenoxy) is 1. The van der Waals surface area contributed by atoms with Gasteiger partial charge in [-0.05, 0) is 42.7 Å². The van der Waals surface area contributed by atoms with E-state index in [-0.39, 0.29) is 17.8 Å². The molecule has 27 heavy (non-hydrogen) atoms. The van der Waals surface area contributed by atoms with Crippen molar-refractivity contribution < 1.29 is 14.6 Å². The smallest absolute Gasteiger partial charge is 0.246 e. The first kappa shape index (κ1) is 17.1. The zero-order valence-corrected chi connectivity index (χ0v) is 14.9. The summed E-state index contributed by atoms with van der Waals surface area (Å²) >= 11 is 0. The number of likely N-dealkylation sites (tertiary alicyclic amines) is 1. The van der Waals surface area contributed by atoms with Gasteiger partial charge in [0.1, 0.15) is 23.1 Å². The summed E-state index contributed by atoms with van der Waals surface area (Å²) < 4.78 is 8.22. The van der Waals surface area contributed by atoms with Gasteiger partial charge >= 0.3 is 0 Å². The quantitative estimate of drug-likeness (QED) is 0.723. The number of carbonyl (C=O) groups excluding carboxylic acids is 1. The molecule has 1 saturated heterocycles. The summed E-state index contributed by atoms with van der Waals surface area (Å²) in [6.45, 7) is 4.86. The Kier molecular flexibility index (Phi) is 4.54. The molecule has 0 radical (unpaired) electrons. The molecule has 1 atom stereocenters. The van der Waals surface area contributed by atoms with E-state index in [0.717, 1.165) is 41.8 Å². The molecular weight excluding hydrogens is 342 g/mol. The molecule has 2 aromatic heterocycles. The maximum atomic E-state index is 11.9. The highest BCUT2D eigenvalue weighted by Crippen LogP contribution is 2.30. The van der Waals surface area contributed by atoms with Crippen LogP contribution in [-0.2, 0) is 4.79 Å².